The molecule has 0 spiro atoms. The van der Waals surface area contributed by atoms with Crippen molar-refractivity contribution >= 4 is 28.3 Å². The molecule has 0 radical (unpaired) electrons. The molecule has 0 atom stereocenters. The minimum Gasteiger partial charge on any atom is -0.493 e. The Hall–Kier alpha value is -0.720. The second-order valence-corrected chi connectivity index (χ2v) is 2.75. The zero-order chi connectivity index (χ0) is 7.56. The van der Waals surface area contributed by atoms with Crippen molar-refractivity contribution in [2.75, 3.05) is 0 Å². The number of halogens is 1. The van der Waals surface area contributed by atoms with Crippen LogP contribution in [0.1, 0.15) is 0 Å². The van der Waals surface area contributed by atoms with Gasteiger partial charge in [0.2, 0.25) is 5.88 Å². The van der Waals surface area contributed by atoms with Gasteiger partial charge in [-0.2, -0.15) is 0 Å². The highest BCUT2D eigenvalue weighted by Gasteiger charge is 1.99. The Morgan fingerprint density at radius 3 is 2.90 bits per heavy atom. The van der Waals surface area contributed by atoms with Gasteiger partial charge in [0.05, 0.1) is 9.77 Å². The highest BCUT2D eigenvalue weighted by molar-refractivity contribution is 14.1. The van der Waals surface area contributed by atoms with Crippen molar-refractivity contribution in [3.05, 3.63) is 20.7 Å². The van der Waals surface area contributed by atoms with E-state index in [1.807, 2.05) is 22.6 Å². The van der Waals surface area contributed by atoms with Crippen LogP contribution in [0, 0.1) is 8.48 Å². The van der Waals surface area contributed by atoms with Gasteiger partial charge in [-0.25, -0.2) is 4.98 Å². The molecule has 1 rings (SSSR count). The van der Waals surface area contributed by atoms with E-state index in [1.54, 1.807) is 0 Å². The van der Waals surface area contributed by atoms with Gasteiger partial charge in [0.15, 0.2) is 0 Å². The van der Waals surface area contributed by atoms with E-state index in [-0.39, 0.29) is 11.6 Å². The molecule has 1 aromatic heterocycles. The molecule has 0 aliphatic carbocycles. The van der Waals surface area contributed by atoms with Gasteiger partial charge in [-0.15, -0.1) is 4.91 Å². The molecule has 5 heteroatoms. The van der Waals surface area contributed by atoms with Crippen molar-refractivity contribution in [3.63, 3.8) is 0 Å². The van der Waals surface area contributed by atoms with E-state index >= 15 is 0 Å². The molecule has 0 fully saturated rings. The van der Waals surface area contributed by atoms with E-state index in [4.69, 9.17) is 5.11 Å². The average Bonchev–Trinajstić information content (AvgIpc) is 1.95. The highest BCUT2D eigenvalue weighted by Crippen LogP contribution is 2.20. The van der Waals surface area contributed by atoms with Crippen LogP contribution in [0.15, 0.2) is 17.4 Å². The molecule has 0 bridgehead atoms. The first-order valence-electron chi connectivity index (χ1n) is 2.42. The topological polar surface area (TPSA) is 62.5 Å². The Labute approximate surface area is 70.4 Å². The molecule has 0 saturated heterocycles. The van der Waals surface area contributed by atoms with Crippen LogP contribution in [0.5, 0.6) is 5.88 Å². The summed E-state index contributed by atoms with van der Waals surface area (Å²) in [5.74, 6) is -0.0759. The number of hydrogen-bond acceptors (Lipinski definition) is 4. The fourth-order valence-electron chi connectivity index (χ4n) is 0.471. The molecule has 52 valence electrons. The van der Waals surface area contributed by atoms with Crippen molar-refractivity contribution in [1.29, 1.82) is 0 Å². The summed E-state index contributed by atoms with van der Waals surface area (Å²) in [7, 11) is 0. The first kappa shape index (κ1) is 7.39. The third-order valence-electron chi connectivity index (χ3n) is 0.913. The molecule has 0 aromatic carbocycles. The third kappa shape index (κ3) is 1.41. The standard InChI is InChI=1S/C5H3IN2O2/c6-4-1-3(8-10)2-7-5(4)9/h1-2H,(H,7,9). The maximum absolute atomic E-state index is 9.90. The Bertz CT molecular complexity index is 264. The molecule has 4 nitrogen and oxygen atoms in total. The summed E-state index contributed by atoms with van der Waals surface area (Å²) in [5.41, 5.74) is 0.224. The number of rotatable bonds is 1. The van der Waals surface area contributed by atoms with E-state index < -0.39 is 0 Å². The SMILES string of the molecule is O=Nc1cnc(O)c(I)c1. The Morgan fingerprint density at radius 1 is 1.70 bits per heavy atom. The van der Waals surface area contributed by atoms with Crippen LogP contribution >= 0.6 is 22.6 Å². The highest BCUT2D eigenvalue weighted by atomic mass is 127. The zero-order valence-electron chi connectivity index (χ0n) is 4.78. The number of nitrogens with zero attached hydrogens (tertiary/aromatic N) is 2. The summed E-state index contributed by atoms with van der Waals surface area (Å²) in [4.78, 5) is 13.4. The molecule has 10 heavy (non-hydrogen) atoms. The smallest absolute Gasteiger partial charge is 0.224 e. The third-order valence-corrected chi connectivity index (χ3v) is 1.71. The molecule has 0 unspecified atom stereocenters. The predicted molar refractivity (Wildman–Crippen MR) is 44.1 cm³/mol. The quantitative estimate of drug-likeness (QED) is 0.610. The summed E-state index contributed by atoms with van der Waals surface area (Å²) in [6, 6.07) is 1.45. The minimum atomic E-state index is -0.0759. The van der Waals surface area contributed by atoms with Crippen LogP contribution in [0.25, 0.3) is 0 Å². The fourth-order valence-corrected chi connectivity index (χ4v) is 0.929. The van der Waals surface area contributed by atoms with E-state index in [0.717, 1.165) is 0 Å². The van der Waals surface area contributed by atoms with Gasteiger partial charge < -0.3 is 5.11 Å². The lowest BCUT2D eigenvalue weighted by Crippen LogP contribution is -1.77. The Kier molecular flexibility index (Phi) is 2.15. The van der Waals surface area contributed by atoms with Crippen molar-refractivity contribution in [1.82, 2.24) is 4.98 Å². The van der Waals surface area contributed by atoms with Crippen LogP contribution < -0.4 is 0 Å². The maximum Gasteiger partial charge on any atom is 0.224 e. The number of aromatic nitrogens is 1. The lowest BCUT2D eigenvalue weighted by atomic mass is 10.4. The summed E-state index contributed by atoms with van der Waals surface area (Å²) in [5, 5.41) is 11.5. The second-order valence-electron chi connectivity index (χ2n) is 1.59. The zero-order valence-corrected chi connectivity index (χ0v) is 6.94. The lowest BCUT2D eigenvalue weighted by Gasteiger charge is -1.92. The van der Waals surface area contributed by atoms with E-state index in [1.165, 1.54) is 12.3 Å². The molecule has 0 aliphatic heterocycles. The largest absolute Gasteiger partial charge is 0.493 e. The van der Waals surface area contributed by atoms with E-state index in [9.17, 15) is 4.91 Å². The van der Waals surface area contributed by atoms with Crippen LogP contribution in [0.3, 0.4) is 0 Å². The number of aromatic hydroxyl groups is 1. The van der Waals surface area contributed by atoms with Gasteiger partial charge >= 0.3 is 0 Å². The van der Waals surface area contributed by atoms with Crippen LogP contribution in [0.4, 0.5) is 5.69 Å². The second kappa shape index (κ2) is 2.91. The summed E-state index contributed by atoms with van der Waals surface area (Å²) in [6.45, 7) is 0. The van der Waals surface area contributed by atoms with Crippen LogP contribution in [0.2, 0.25) is 0 Å². The van der Waals surface area contributed by atoms with Crippen molar-refractivity contribution in [3.8, 4) is 5.88 Å². The van der Waals surface area contributed by atoms with Gasteiger partial charge in [-0.3, -0.25) is 0 Å². The van der Waals surface area contributed by atoms with Gasteiger partial charge in [-0.1, -0.05) is 0 Å². The van der Waals surface area contributed by atoms with Crippen molar-refractivity contribution < 1.29 is 5.11 Å². The van der Waals surface area contributed by atoms with Crippen LogP contribution in [-0.2, 0) is 0 Å². The van der Waals surface area contributed by atoms with E-state index in [0.29, 0.717) is 3.57 Å². The van der Waals surface area contributed by atoms with Crippen LogP contribution in [-0.4, -0.2) is 10.1 Å². The molecule has 1 aromatic rings. The van der Waals surface area contributed by atoms with Gasteiger partial charge in [0, 0.05) is 0 Å². The lowest BCUT2D eigenvalue weighted by molar-refractivity contribution is 0.449. The molecular formula is C5H3IN2O2. The molecule has 1 heterocycles. The van der Waals surface area contributed by atoms with Gasteiger partial charge in [0.25, 0.3) is 0 Å². The van der Waals surface area contributed by atoms with Crippen molar-refractivity contribution in [2.45, 2.75) is 0 Å². The fraction of sp³-hybridized carbons (Fsp3) is 0. The first-order chi connectivity index (χ1) is 4.74. The molecular weight excluding hydrogens is 247 g/mol. The first-order valence-corrected chi connectivity index (χ1v) is 3.50. The molecule has 1 N–H and O–H groups in total. The summed E-state index contributed by atoms with van der Waals surface area (Å²) < 4.78 is 0.523. The monoisotopic (exact) mass is 250 g/mol. The number of hydrogen-bond donors (Lipinski definition) is 1. The minimum absolute atomic E-state index is 0.0759. The number of nitroso groups, excluding NO2 is 1. The Morgan fingerprint density at radius 2 is 2.40 bits per heavy atom. The van der Waals surface area contributed by atoms with Gasteiger partial charge in [-0.05, 0) is 33.8 Å². The normalized spacial score (nSPS) is 9.30. The molecule has 0 amide bonds. The Balaban J connectivity index is 3.16. The predicted octanol–water partition coefficient (Wildman–Crippen LogP) is 1.79. The van der Waals surface area contributed by atoms with Crippen molar-refractivity contribution in [2.24, 2.45) is 5.18 Å². The summed E-state index contributed by atoms with van der Waals surface area (Å²) in [6.07, 6.45) is 1.21. The maximum atomic E-state index is 9.90. The van der Waals surface area contributed by atoms with E-state index in [2.05, 4.69) is 10.2 Å². The number of pyridine rings is 1. The van der Waals surface area contributed by atoms with Gasteiger partial charge in [0.1, 0.15) is 5.69 Å². The summed E-state index contributed by atoms with van der Waals surface area (Å²) >= 11 is 1.86. The molecule has 0 aliphatic rings. The molecule has 0 saturated carbocycles. The average molecular weight is 250 g/mol.